The number of aliphatic hydroxyl groups is 1. The number of aromatic nitrogens is 1. The average molecular weight is 470 g/mol. The maximum atomic E-state index is 13.0. The molecular weight excluding hydrogens is 456 g/mol. The third-order valence-corrected chi connectivity index (χ3v) is 5.47. The number of hydrogen-bond acceptors (Lipinski definition) is 4. The Balaban J connectivity index is 1.93. The molecule has 1 atom stereocenters. The van der Waals surface area contributed by atoms with E-state index in [1.807, 2.05) is 0 Å². The van der Waals surface area contributed by atoms with Gasteiger partial charge in [-0.1, -0.05) is 27.5 Å². The second kappa shape index (κ2) is 7.81. The highest BCUT2D eigenvalue weighted by atomic mass is 79.9. The standard InChI is InChI=1S/C22H14BrClN2O3/c23-15-3-7-17(8-4-15)26-19(13-9-11-25-12-10-13)18(21(28)22(26)29)20(27)14-1-5-16(24)6-2-14/h1-12,19,27H/b20-18-. The zero-order valence-corrected chi connectivity index (χ0v) is 17.3. The number of amides is 1. The van der Waals surface area contributed by atoms with Crippen molar-refractivity contribution in [1.29, 1.82) is 0 Å². The largest absolute Gasteiger partial charge is 0.507 e. The molecule has 1 aliphatic rings. The van der Waals surface area contributed by atoms with Gasteiger partial charge in [-0.25, -0.2) is 0 Å². The molecule has 1 N–H and O–H groups in total. The van der Waals surface area contributed by atoms with Crippen molar-refractivity contribution in [3.63, 3.8) is 0 Å². The van der Waals surface area contributed by atoms with E-state index < -0.39 is 17.7 Å². The van der Waals surface area contributed by atoms with Gasteiger partial charge < -0.3 is 5.11 Å². The second-order valence-electron chi connectivity index (χ2n) is 6.43. The van der Waals surface area contributed by atoms with E-state index in [4.69, 9.17) is 11.6 Å². The van der Waals surface area contributed by atoms with Crippen molar-refractivity contribution in [3.8, 4) is 0 Å². The van der Waals surface area contributed by atoms with E-state index in [0.717, 1.165) is 4.47 Å². The summed E-state index contributed by atoms with van der Waals surface area (Å²) in [7, 11) is 0. The summed E-state index contributed by atoms with van der Waals surface area (Å²) < 4.78 is 0.847. The van der Waals surface area contributed by atoms with E-state index in [2.05, 4.69) is 20.9 Å². The number of Topliss-reactive ketones (excluding diaryl/α,β-unsaturated/α-hetero) is 1. The second-order valence-corrected chi connectivity index (χ2v) is 7.79. The molecule has 0 bridgehead atoms. The van der Waals surface area contributed by atoms with Gasteiger partial charge in [-0.3, -0.25) is 19.5 Å². The highest BCUT2D eigenvalue weighted by Gasteiger charge is 2.46. The Bertz CT molecular complexity index is 1110. The number of ketones is 1. The van der Waals surface area contributed by atoms with Gasteiger partial charge in [-0.2, -0.15) is 0 Å². The lowest BCUT2D eigenvalue weighted by Gasteiger charge is -2.25. The number of benzene rings is 2. The summed E-state index contributed by atoms with van der Waals surface area (Å²) in [6, 6.07) is 16.2. The van der Waals surface area contributed by atoms with Gasteiger partial charge in [0, 0.05) is 33.1 Å². The minimum atomic E-state index is -0.783. The highest BCUT2D eigenvalue weighted by Crippen LogP contribution is 2.42. The average Bonchev–Trinajstić information content (AvgIpc) is 3.00. The van der Waals surface area contributed by atoms with E-state index in [9.17, 15) is 14.7 Å². The third kappa shape index (κ3) is 3.57. The molecule has 1 aliphatic heterocycles. The molecule has 1 aromatic heterocycles. The Morgan fingerprint density at radius 3 is 2.21 bits per heavy atom. The van der Waals surface area contributed by atoms with Crippen LogP contribution in [0.5, 0.6) is 0 Å². The molecule has 7 heteroatoms. The molecule has 0 saturated carbocycles. The first-order valence-corrected chi connectivity index (χ1v) is 9.87. The number of rotatable bonds is 3. The summed E-state index contributed by atoms with van der Waals surface area (Å²) in [6.07, 6.45) is 3.17. The van der Waals surface area contributed by atoms with Crippen LogP contribution in [-0.4, -0.2) is 21.8 Å². The van der Waals surface area contributed by atoms with E-state index in [1.54, 1.807) is 73.1 Å². The smallest absolute Gasteiger partial charge is 0.300 e. The lowest BCUT2D eigenvalue weighted by molar-refractivity contribution is -0.132. The lowest BCUT2D eigenvalue weighted by Crippen LogP contribution is -2.29. The molecule has 144 valence electrons. The molecule has 4 rings (SSSR count). The number of carbonyl (C=O) groups is 2. The van der Waals surface area contributed by atoms with Gasteiger partial charge >= 0.3 is 0 Å². The number of halogens is 2. The molecule has 0 spiro atoms. The van der Waals surface area contributed by atoms with Gasteiger partial charge in [-0.05, 0) is 66.2 Å². The van der Waals surface area contributed by atoms with Crippen LogP contribution in [0.25, 0.3) is 5.76 Å². The Kier molecular flexibility index (Phi) is 5.22. The summed E-state index contributed by atoms with van der Waals surface area (Å²) in [5.74, 6) is -1.70. The first-order valence-electron chi connectivity index (χ1n) is 8.70. The van der Waals surface area contributed by atoms with Gasteiger partial charge in [0.25, 0.3) is 11.7 Å². The van der Waals surface area contributed by atoms with Gasteiger partial charge in [0.05, 0.1) is 11.6 Å². The van der Waals surface area contributed by atoms with E-state index in [0.29, 0.717) is 21.8 Å². The fourth-order valence-corrected chi connectivity index (χ4v) is 3.72. The van der Waals surface area contributed by atoms with Crippen LogP contribution in [0.2, 0.25) is 5.02 Å². The van der Waals surface area contributed by atoms with Crippen molar-refractivity contribution in [1.82, 2.24) is 4.98 Å². The normalized spacial score (nSPS) is 18.3. The lowest BCUT2D eigenvalue weighted by atomic mass is 9.96. The fourth-order valence-electron chi connectivity index (χ4n) is 3.32. The number of aliphatic hydroxyl groups excluding tert-OH is 1. The molecule has 1 saturated heterocycles. The number of carbonyl (C=O) groups excluding carboxylic acids is 2. The molecule has 3 aromatic rings. The van der Waals surface area contributed by atoms with Crippen molar-refractivity contribution >= 4 is 50.7 Å². The fraction of sp³-hybridized carbons (Fsp3) is 0.0455. The minimum absolute atomic E-state index is 0.0199. The molecule has 0 radical (unpaired) electrons. The molecule has 2 heterocycles. The quantitative estimate of drug-likeness (QED) is 0.328. The van der Waals surface area contributed by atoms with Crippen molar-refractivity contribution in [2.24, 2.45) is 0 Å². The van der Waals surface area contributed by atoms with Gasteiger partial charge in [0.2, 0.25) is 0 Å². The highest BCUT2D eigenvalue weighted by molar-refractivity contribution is 9.10. The van der Waals surface area contributed by atoms with E-state index in [-0.39, 0.29) is 11.3 Å². The molecule has 5 nitrogen and oxygen atoms in total. The number of anilines is 1. The maximum absolute atomic E-state index is 13.0. The Morgan fingerprint density at radius 2 is 1.59 bits per heavy atom. The zero-order chi connectivity index (χ0) is 20.5. The van der Waals surface area contributed by atoms with Crippen molar-refractivity contribution in [2.45, 2.75) is 6.04 Å². The molecule has 0 aliphatic carbocycles. The molecule has 1 unspecified atom stereocenters. The third-order valence-electron chi connectivity index (χ3n) is 4.69. The Labute approximate surface area is 180 Å². The van der Waals surface area contributed by atoms with Gasteiger partial charge in [-0.15, -0.1) is 0 Å². The summed E-state index contributed by atoms with van der Waals surface area (Å²) in [6.45, 7) is 0. The molecule has 1 amide bonds. The molecule has 29 heavy (non-hydrogen) atoms. The van der Waals surface area contributed by atoms with E-state index >= 15 is 0 Å². The maximum Gasteiger partial charge on any atom is 0.300 e. The number of nitrogens with zero attached hydrogens (tertiary/aromatic N) is 2. The number of pyridine rings is 1. The van der Waals surface area contributed by atoms with Crippen molar-refractivity contribution in [3.05, 3.63) is 99.3 Å². The summed E-state index contributed by atoms with van der Waals surface area (Å²) in [5, 5.41) is 11.5. The predicted octanol–water partition coefficient (Wildman–Crippen LogP) is 5.12. The van der Waals surface area contributed by atoms with Crippen molar-refractivity contribution < 1.29 is 14.7 Å². The van der Waals surface area contributed by atoms with E-state index in [1.165, 1.54) is 4.90 Å². The van der Waals surface area contributed by atoms with Gasteiger partial charge in [0.1, 0.15) is 5.76 Å². The monoisotopic (exact) mass is 468 g/mol. The summed E-state index contributed by atoms with van der Waals surface area (Å²) >= 11 is 9.30. The van der Waals surface area contributed by atoms with Crippen LogP contribution in [-0.2, 0) is 9.59 Å². The molecule has 2 aromatic carbocycles. The van der Waals surface area contributed by atoms with Crippen LogP contribution >= 0.6 is 27.5 Å². The van der Waals surface area contributed by atoms with Crippen LogP contribution < -0.4 is 4.90 Å². The molecule has 1 fully saturated rings. The van der Waals surface area contributed by atoms with Crippen LogP contribution in [0.1, 0.15) is 17.2 Å². The number of hydrogen-bond donors (Lipinski definition) is 1. The topological polar surface area (TPSA) is 70.5 Å². The SMILES string of the molecule is O=C1C(=O)N(c2ccc(Br)cc2)C(c2ccncc2)/C1=C(/O)c1ccc(Cl)cc1. The van der Waals surface area contributed by atoms with Crippen molar-refractivity contribution in [2.75, 3.05) is 4.90 Å². The molecular formula is C22H14BrClN2O3. The van der Waals surface area contributed by atoms with Crippen LogP contribution in [0.3, 0.4) is 0 Å². The summed E-state index contributed by atoms with van der Waals surface area (Å²) in [4.78, 5) is 31.3. The zero-order valence-electron chi connectivity index (χ0n) is 14.9. The van der Waals surface area contributed by atoms with Crippen LogP contribution in [0.15, 0.2) is 83.1 Å². The minimum Gasteiger partial charge on any atom is -0.507 e. The first-order chi connectivity index (χ1) is 14.0. The van der Waals surface area contributed by atoms with Gasteiger partial charge in [0.15, 0.2) is 0 Å². The Morgan fingerprint density at radius 1 is 0.966 bits per heavy atom. The van der Waals surface area contributed by atoms with Crippen LogP contribution in [0.4, 0.5) is 5.69 Å². The van der Waals surface area contributed by atoms with Crippen LogP contribution in [0, 0.1) is 0 Å². The summed E-state index contributed by atoms with van der Waals surface area (Å²) in [5.41, 5.74) is 1.64. The predicted molar refractivity (Wildman–Crippen MR) is 115 cm³/mol. The Hall–Kier alpha value is -2.96. The first kappa shape index (κ1) is 19.4.